The Bertz CT molecular complexity index is 243. The van der Waals surface area contributed by atoms with E-state index in [0.29, 0.717) is 12.6 Å². The summed E-state index contributed by atoms with van der Waals surface area (Å²) in [5.74, 6) is 0.757. The molecule has 1 aliphatic rings. The molecule has 5 heteroatoms. The fourth-order valence-electron chi connectivity index (χ4n) is 1.06. The van der Waals surface area contributed by atoms with Crippen molar-refractivity contribution in [1.82, 2.24) is 5.32 Å². The first-order valence-electron chi connectivity index (χ1n) is 4.77. The third-order valence-corrected chi connectivity index (χ3v) is 2.92. The fourth-order valence-corrected chi connectivity index (χ4v) is 2.05. The lowest BCUT2D eigenvalue weighted by Crippen LogP contribution is -2.37. The van der Waals surface area contributed by atoms with Crippen LogP contribution in [0, 0.1) is 0 Å². The highest BCUT2D eigenvalue weighted by molar-refractivity contribution is 8.14. The maximum absolute atomic E-state index is 11.3. The van der Waals surface area contributed by atoms with Crippen molar-refractivity contribution in [2.45, 2.75) is 32.9 Å². The van der Waals surface area contributed by atoms with Crippen LogP contribution in [0.25, 0.3) is 0 Å². The molecule has 1 N–H and O–H groups in total. The van der Waals surface area contributed by atoms with E-state index >= 15 is 0 Å². The predicted octanol–water partition coefficient (Wildman–Crippen LogP) is 1.02. The number of hydrogen-bond acceptors (Lipinski definition) is 5. The van der Waals surface area contributed by atoms with Crippen molar-refractivity contribution >= 4 is 22.9 Å². The minimum absolute atomic E-state index is 0.227. The molecule has 0 amide bonds. The maximum Gasteiger partial charge on any atom is 0.328 e. The van der Waals surface area contributed by atoms with E-state index in [2.05, 4.69) is 17.2 Å². The lowest BCUT2D eigenvalue weighted by molar-refractivity contribution is -0.144. The summed E-state index contributed by atoms with van der Waals surface area (Å²) in [4.78, 5) is 15.6. The molecule has 0 saturated heterocycles. The number of ether oxygens (including phenoxy) is 1. The molecule has 0 saturated carbocycles. The van der Waals surface area contributed by atoms with Crippen LogP contribution in [0.5, 0.6) is 0 Å². The van der Waals surface area contributed by atoms with Gasteiger partial charge in [0.1, 0.15) is 6.04 Å². The number of nitrogens with zero attached hydrogens (tertiary/aromatic N) is 1. The molecule has 0 bridgehead atoms. The summed E-state index contributed by atoms with van der Waals surface area (Å²) in [7, 11) is 0. The highest BCUT2D eigenvalue weighted by Crippen LogP contribution is 2.15. The number of rotatable bonds is 3. The molecule has 80 valence electrons. The third-order valence-electron chi connectivity index (χ3n) is 1.78. The quantitative estimate of drug-likeness (QED) is 0.716. The molecule has 0 aromatic carbocycles. The van der Waals surface area contributed by atoms with Gasteiger partial charge in [0.2, 0.25) is 0 Å². The van der Waals surface area contributed by atoms with E-state index in [1.165, 1.54) is 0 Å². The second kappa shape index (κ2) is 5.24. The van der Waals surface area contributed by atoms with Crippen LogP contribution < -0.4 is 5.32 Å². The van der Waals surface area contributed by atoms with Crippen LogP contribution in [-0.4, -0.2) is 35.6 Å². The summed E-state index contributed by atoms with van der Waals surface area (Å²) >= 11 is 1.65. The van der Waals surface area contributed by atoms with Crippen LogP contribution in [-0.2, 0) is 9.53 Å². The van der Waals surface area contributed by atoms with Crippen LogP contribution in [0.1, 0.15) is 20.8 Å². The van der Waals surface area contributed by atoms with Crippen molar-refractivity contribution in [2.24, 2.45) is 4.99 Å². The largest absolute Gasteiger partial charge is 0.464 e. The molecule has 0 aromatic rings. The Morgan fingerprint density at radius 3 is 3.07 bits per heavy atom. The SMILES string of the molecule is CCOC(=O)C(C)NC1=NC(C)CS1. The monoisotopic (exact) mass is 216 g/mol. The molecular formula is C9H16N2O2S. The number of esters is 1. The molecule has 2 unspecified atom stereocenters. The van der Waals surface area contributed by atoms with Crippen LogP contribution >= 0.6 is 11.8 Å². The Kier molecular flexibility index (Phi) is 4.25. The van der Waals surface area contributed by atoms with E-state index in [0.717, 1.165) is 10.9 Å². The normalized spacial score (nSPS) is 22.8. The van der Waals surface area contributed by atoms with Gasteiger partial charge in [-0.3, -0.25) is 4.99 Å². The molecule has 0 radical (unpaired) electrons. The number of nitrogens with one attached hydrogen (secondary N) is 1. The van der Waals surface area contributed by atoms with Gasteiger partial charge in [0.15, 0.2) is 5.17 Å². The summed E-state index contributed by atoms with van der Waals surface area (Å²) in [5.41, 5.74) is 0. The summed E-state index contributed by atoms with van der Waals surface area (Å²) < 4.78 is 4.88. The first kappa shape index (κ1) is 11.4. The van der Waals surface area contributed by atoms with Crippen molar-refractivity contribution < 1.29 is 9.53 Å². The second-order valence-corrected chi connectivity index (χ2v) is 4.22. The lowest BCUT2D eigenvalue weighted by atomic mass is 10.3. The van der Waals surface area contributed by atoms with Crippen LogP contribution in [0.3, 0.4) is 0 Å². The fraction of sp³-hybridized carbons (Fsp3) is 0.778. The van der Waals surface area contributed by atoms with E-state index < -0.39 is 0 Å². The van der Waals surface area contributed by atoms with Gasteiger partial charge in [0.25, 0.3) is 0 Å². The number of carbonyl (C=O) groups excluding carboxylic acids is 1. The average Bonchev–Trinajstić information content (AvgIpc) is 2.51. The summed E-state index contributed by atoms with van der Waals surface area (Å²) in [6.45, 7) is 6.05. The van der Waals surface area contributed by atoms with Gasteiger partial charge in [-0.05, 0) is 20.8 Å². The molecule has 0 fully saturated rings. The number of amidine groups is 1. The Balaban J connectivity index is 2.36. The van der Waals surface area contributed by atoms with Gasteiger partial charge in [0, 0.05) is 5.75 Å². The van der Waals surface area contributed by atoms with Crippen molar-refractivity contribution in [3.63, 3.8) is 0 Å². The predicted molar refractivity (Wildman–Crippen MR) is 58.6 cm³/mol. The molecule has 4 nitrogen and oxygen atoms in total. The van der Waals surface area contributed by atoms with E-state index in [1.54, 1.807) is 25.6 Å². The van der Waals surface area contributed by atoms with Gasteiger partial charge in [-0.1, -0.05) is 11.8 Å². The van der Waals surface area contributed by atoms with Crippen molar-refractivity contribution in [3.05, 3.63) is 0 Å². The topological polar surface area (TPSA) is 50.7 Å². The molecule has 0 aromatic heterocycles. The Morgan fingerprint density at radius 2 is 2.57 bits per heavy atom. The van der Waals surface area contributed by atoms with E-state index in [1.807, 2.05) is 0 Å². The van der Waals surface area contributed by atoms with E-state index in [9.17, 15) is 4.79 Å². The van der Waals surface area contributed by atoms with E-state index in [4.69, 9.17) is 4.74 Å². The molecule has 0 spiro atoms. The number of carbonyl (C=O) groups is 1. The minimum Gasteiger partial charge on any atom is -0.464 e. The molecule has 1 rings (SSSR count). The Hall–Kier alpha value is -0.710. The maximum atomic E-state index is 11.3. The Morgan fingerprint density at radius 1 is 1.86 bits per heavy atom. The molecule has 0 aliphatic carbocycles. The first-order chi connectivity index (χ1) is 6.63. The first-order valence-corrected chi connectivity index (χ1v) is 5.75. The Labute approximate surface area is 88.5 Å². The zero-order valence-corrected chi connectivity index (χ0v) is 9.56. The van der Waals surface area contributed by atoms with Crippen LogP contribution in [0.4, 0.5) is 0 Å². The third kappa shape index (κ3) is 3.21. The molecule has 2 atom stereocenters. The lowest BCUT2D eigenvalue weighted by Gasteiger charge is -2.12. The number of thioether (sulfide) groups is 1. The van der Waals surface area contributed by atoms with Crippen molar-refractivity contribution in [1.29, 1.82) is 0 Å². The molecule has 14 heavy (non-hydrogen) atoms. The van der Waals surface area contributed by atoms with E-state index in [-0.39, 0.29) is 12.0 Å². The second-order valence-electron chi connectivity index (χ2n) is 3.21. The summed E-state index contributed by atoms with van der Waals surface area (Å²) in [5, 5.41) is 3.88. The minimum atomic E-state index is -0.313. The average molecular weight is 216 g/mol. The standard InChI is InChI=1S/C9H16N2O2S/c1-4-13-8(12)7(3)11-9-10-6(2)5-14-9/h6-7H,4-5H2,1-3H3,(H,10,11). The van der Waals surface area contributed by atoms with Gasteiger partial charge in [-0.2, -0.15) is 0 Å². The van der Waals surface area contributed by atoms with Crippen molar-refractivity contribution in [2.75, 3.05) is 12.4 Å². The smallest absolute Gasteiger partial charge is 0.328 e. The zero-order valence-electron chi connectivity index (χ0n) is 8.74. The number of hydrogen-bond donors (Lipinski definition) is 1. The van der Waals surface area contributed by atoms with Gasteiger partial charge in [0.05, 0.1) is 12.6 Å². The van der Waals surface area contributed by atoms with Crippen LogP contribution in [0.2, 0.25) is 0 Å². The number of aliphatic imine (C=N–C) groups is 1. The van der Waals surface area contributed by atoms with Gasteiger partial charge >= 0.3 is 5.97 Å². The zero-order chi connectivity index (χ0) is 10.6. The summed E-state index contributed by atoms with van der Waals surface area (Å²) in [6.07, 6.45) is 0. The van der Waals surface area contributed by atoms with Gasteiger partial charge in [-0.15, -0.1) is 0 Å². The van der Waals surface area contributed by atoms with Crippen LogP contribution in [0.15, 0.2) is 4.99 Å². The molecule has 1 aliphatic heterocycles. The molecule has 1 heterocycles. The highest BCUT2D eigenvalue weighted by atomic mass is 32.2. The van der Waals surface area contributed by atoms with Gasteiger partial charge in [-0.25, -0.2) is 4.79 Å². The van der Waals surface area contributed by atoms with Crippen molar-refractivity contribution in [3.8, 4) is 0 Å². The highest BCUT2D eigenvalue weighted by Gasteiger charge is 2.19. The van der Waals surface area contributed by atoms with Gasteiger partial charge < -0.3 is 10.1 Å². The summed E-state index contributed by atoms with van der Waals surface area (Å²) in [6, 6.07) is 0.0309. The molecular weight excluding hydrogens is 200 g/mol.